The predicted molar refractivity (Wildman–Crippen MR) is 133 cm³/mol. The van der Waals surface area contributed by atoms with E-state index in [9.17, 15) is 22.8 Å². The van der Waals surface area contributed by atoms with Crippen LogP contribution < -0.4 is 5.32 Å². The molecule has 0 saturated heterocycles. The lowest BCUT2D eigenvalue weighted by Crippen LogP contribution is -2.33. The van der Waals surface area contributed by atoms with E-state index in [1.165, 1.54) is 30.5 Å². The highest BCUT2D eigenvalue weighted by atomic mass is 32.2. The van der Waals surface area contributed by atoms with Gasteiger partial charge in [-0.2, -0.15) is 0 Å². The molecule has 9 nitrogen and oxygen atoms in total. The number of nitrogens with one attached hydrogen (secondary N) is 1. The molecule has 1 aromatic heterocycles. The number of para-hydroxylation sites is 1. The second-order valence-corrected chi connectivity index (χ2v) is 9.77. The fourth-order valence-corrected chi connectivity index (χ4v) is 5.13. The van der Waals surface area contributed by atoms with E-state index < -0.39 is 27.5 Å². The number of carbonyl (C=O) groups is 3. The van der Waals surface area contributed by atoms with Gasteiger partial charge < -0.3 is 19.5 Å². The Bertz CT molecular complexity index is 1320. The van der Waals surface area contributed by atoms with E-state index in [2.05, 4.69) is 5.32 Å². The Morgan fingerprint density at radius 3 is 2.26 bits per heavy atom. The molecule has 3 aromatic rings. The minimum atomic E-state index is -4.01. The van der Waals surface area contributed by atoms with Gasteiger partial charge in [0, 0.05) is 35.9 Å². The van der Waals surface area contributed by atoms with Gasteiger partial charge in [-0.1, -0.05) is 18.2 Å². The second kappa shape index (κ2) is 11.2. The van der Waals surface area contributed by atoms with Gasteiger partial charge in [-0.05, 0) is 51.1 Å². The topological polar surface area (TPSA) is 115 Å². The van der Waals surface area contributed by atoms with Crippen LogP contribution in [0.15, 0.2) is 59.6 Å². The smallest absolute Gasteiger partial charge is 0.338 e. The lowest BCUT2D eigenvalue weighted by Gasteiger charge is -2.19. The maximum Gasteiger partial charge on any atom is 0.338 e. The number of likely N-dealkylation sites (N-methyl/N-ethyl adjacent to an activating group) is 1. The van der Waals surface area contributed by atoms with Crippen molar-refractivity contribution in [1.82, 2.24) is 9.47 Å². The van der Waals surface area contributed by atoms with Crippen LogP contribution in [0.25, 0.3) is 10.9 Å². The van der Waals surface area contributed by atoms with Gasteiger partial charge >= 0.3 is 5.97 Å². The summed E-state index contributed by atoms with van der Waals surface area (Å²) in [6, 6.07) is 12.9. The molecule has 0 aliphatic rings. The quantitative estimate of drug-likeness (QED) is 0.429. The van der Waals surface area contributed by atoms with Gasteiger partial charge in [0.15, 0.2) is 9.84 Å². The molecule has 0 aliphatic carbocycles. The molecule has 0 bridgehead atoms. The highest BCUT2D eigenvalue weighted by molar-refractivity contribution is 7.92. The van der Waals surface area contributed by atoms with E-state index in [1.807, 2.05) is 13.8 Å². The predicted octanol–water partition coefficient (Wildman–Crippen LogP) is 3.10. The van der Waals surface area contributed by atoms with Crippen LogP contribution in [0.3, 0.4) is 0 Å². The molecular formula is C25H29N3O6S. The maximum atomic E-state index is 13.2. The van der Waals surface area contributed by atoms with E-state index in [-0.39, 0.29) is 24.0 Å². The Balaban J connectivity index is 1.80. The van der Waals surface area contributed by atoms with Gasteiger partial charge in [0.1, 0.15) is 12.3 Å². The standard InChI is InChI=1S/C25H29N3O6S/c1-4-27(5-2)24(30)16-28-15-22(20-9-7-8-10-21(20)28)35(32,33)17-23(29)26-19-13-11-18(12-14-19)25(31)34-6-3/h7-15H,4-6,16-17H2,1-3H3,(H,26,29). The third-order valence-corrected chi connectivity index (χ3v) is 7.15. The Hall–Kier alpha value is -3.66. The first-order chi connectivity index (χ1) is 16.7. The van der Waals surface area contributed by atoms with Gasteiger partial charge in [0.2, 0.25) is 11.8 Å². The van der Waals surface area contributed by atoms with Crippen molar-refractivity contribution in [2.24, 2.45) is 0 Å². The van der Waals surface area contributed by atoms with Crippen molar-refractivity contribution in [2.75, 3.05) is 30.8 Å². The van der Waals surface area contributed by atoms with Crippen molar-refractivity contribution in [3.63, 3.8) is 0 Å². The number of hydrogen-bond acceptors (Lipinski definition) is 6. The number of rotatable bonds is 10. The van der Waals surface area contributed by atoms with Crippen molar-refractivity contribution in [3.8, 4) is 0 Å². The van der Waals surface area contributed by atoms with Crippen LogP contribution >= 0.6 is 0 Å². The highest BCUT2D eigenvalue weighted by Crippen LogP contribution is 2.27. The summed E-state index contributed by atoms with van der Waals surface area (Å²) in [7, 11) is -4.01. The van der Waals surface area contributed by atoms with Crippen LogP contribution in [-0.4, -0.2) is 61.1 Å². The summed E-state index contributed by atoms with van der Waals surface area (Å²) in [5.74, 6) is -2.09. The molecule has 0 radical (unpaired) electrons. The fraction of sp³-hybridized carbons (Fsp3) is 0.320. The largest absolute Gasteiger partial charge is 0.462 e. The van der Waals surface area contributed by atoms with Crippen molar-refractivity contribution in [1.29, 1.82) is 0 Å². The number of aromatic nitrogens is 1. The molecule has 2 amide bonds. The van der Waals surface area contributed by atoms with Crippen LogP contribution in [0.2, 0.25) is 0 Å². The van der Waals surface area contributed by atoms with E-state index in [1.54, 1.807) is 40.7 Å². The molecule has 2 aromatic carbocycles. The summed E-state index contributed by atoms with van der Waals surface area (Å²) < 4.78 is 32.9. The Kier molecular flexibility index (Phi) is 8.29. The van der Waals surface area contributed by atoms with Gasteiger partial charge in [-0.25, -0.2) is 13.2 Å². The first kappa shape index (κ1) is 26.0. The zero-order valence-corrected chi connectivity index (χ0v) is 20.8. The number of ether oxygens (including phenoxy) is 1. The molecule has 10 heteroatoms. The molecule has 3 rings (SSSR count). The number of amides is 2. The summed E-state index contributed by atoms with van der Waals surface area (Å²) in [5, 5.41) is 3.00. The zero-order chi connectivity index (χ0) is 25.6. The lowest BCUT2D eigenvalue weighted by molar-refractivity contribution is -0.131. The molecule has 35 heavy (non-hydrogen) atoms. The zero-order valence-electron chi connectivity index (χ0n) is 20.0. The Labute approximate surface area is 204 Å². The minimum Gasteiger partial charge on any atom is -0.462 e. The highest BCUT2D eigenvalue weighted by Gasteiger charge is 2.25. The van der Waals surface area contributed by atoms with Gasteiger partial charge in [-0.15, -0.1) is 0 Å². The average Bonchev–Trinajstić information content (AvgIpc) is 3.19. The normalized spacial score (nSPS) is 11.3. The summed E-state index contributed by atoms with van der Waals surface area (Å²) >= 11 is 0. The van der Waals surface area contributed by atoms with E-state index >= 15 is 0 Å². The number of esters is 1. The molecule has 1 heterocycles. The lowest BCUT2D eigenvalue weighted by atomic mass is 10.2. The van der Waals surface area contributed by atoms with Crippen LogP contribution in [-0.2, 0) is 30.7 Å². The van der Waals surface area contributed by atoms with Crippen LogP contribution in [0, 0.1) is 0 Å². The molecule has 1 N–H and O–H groups in total. The SMILES string of the molecule is CCOC(=O)c1ccc(NC(=O)CS(=O)(=O)c2cn(CC(=O)N(CC)CC)c3ccccc23)cc1. The number of benzene rings is 2. The summed E-state index contributed by atoms with van der Waals surface area (Å²) in [6.45, 7) is 6.82. The van der Waals surface area contributed by atoms with Crippen molar-refractivity contribution < 1.29 is 27.5 Å². The van der Waals surface area contributed by atoms with E-state index in [4.69, 9.17) is 4.74 Å². The number of nitrogens with zero attached hydrogens (tertiary/aromatic N) is 2. The van der Waals surface area contributed by atoms with Crippen LogP contribution in [0.4, 0.5) is 5.69 Å². The number of anilines is 1. The molecule has 0 aliphatic heterocycles. The first-order valence-corrected chi connectivity index (χ1v) is 13.0. The third kappa shape index (κ3) is 6.07. The average molecular weight is 500 g/mol. The second-order valence-electron chi connectivity index (χ2n) is 7.81. The van der Waals surface area contributed by atoms with Crippen molar-refractivity contribution in [3.05, 3.63) is 60.3 Å². The number of carbonyl (C=O) groups excluding carboxylic acids is 3. The molecule has 186 valence electrons. The Morgan fingerprint density at radius 2 is 1.63 bits per heavy atom. The molecular weight excluding hydrogens is 470 g/mol. The van der Waals surface area contributed by atoms with Gasteiger partial charge in [-0.3, -0.25) is 9.59 Å². The maximum absolute atomic E-state index is 13.2. The van der Waals surface area contributed by atoms with E-state index in [0.717, 1.165) is 0 Å². The molecule has 0 fully saturated rings. The monoisotopic (exact) mass is 499 g/mol. The molecule has 0 spiro atoms. The molecule has 0 unspecified atom stereocenters. The first-order valence-electron chi connectivity index (χ1n) is 11.4. The Morgan fingerprint density at radius 1 is 0.971 bits per heavy atom. The number of fused-ring (bicyclic) bond motifs is 1. The van der Waals surface area contributed by atoms with Crippen LogP contribution in [0.5, 0.6) is 0 Å². The van der Waals surface area contributed by atoms with E-state index in [0.29, 0.717) is 35.2 Å². The third-order valence-electron chi connectivity index (χ3n) is 5.51. The van der Waals surface area contributed by atoms with Crippen LogP contribution in [0.1, 0.15) is 31.1 Å². The van der Waals surface area contributed by atoms with Crippen molar-refractivity contribution >= 4 is 44.2 Å². The molecule has 0 atom stereocenters. The summed E-state index contributed by atoms with van der Waals surface area (Å²) in [6.07, 6.45) is 1.42. The van der Waals surface area contributed by atoms with Crippen molar-refractivity contribution in [2.45, 2.75) is 32.2 Å². The fourth-order valence-electron chi connectivity index (χ4n) is 3.77. The van der Waals surface area contributed by atoms with Gasteiger partial charge in [0.05, 0.1) is 17.1 Å². The van der Waals surface area contributed by atoms with Gasteiger partial charge in [0.25, 0.3) is 0 Å². The number of sulfone groups is 1. The summed E-state index contributed by atoms with van der Waals surface area (Å²) in [4.78, 5) is 38.6. The number of hydrogen-bond donors (Lipinski definition) is 1. The minimum absolute atomic E-state index is 0.00325. The summed E-state index contributed by atoms with van der Waals surface area (Å²) in [5.41, 5.74) is 1.27. The molecule has 0 saturated carbocycles.